The van der Waals surface area contributed by atoms with Gasteiger partial charge in [0.1, 0.15) is 11.6 Å². The summed E-state index contributed by atoms with van der Waals surface area (Å²) in [7, 11) is 0. The van der Waals surface area contributed by atoms with E-state index in [0.717, 1.165) is 27.1 Å². The van der Waals surface area contributed by atoms with Crippen molar-refractivity contribution in [2.24, 2.45) is 11.1 Å². The summed E-state index contributed by atoms with van der Waals surface area (Å²) in [5.74, 6) is -0.417. The molecule has 0 radical (unpaired) electrons. The molecule has 0 saturated carbocycles. The van der Waals surface area contributed by atoms with Gasteiger partial charge in [-0.3, -0.25) is 9.69 Å². The normalized spacial score (nSPS) is 18.4. The molecule has 0 bridgehead atoms. The Hall–Kier alpha value is -3.24. The van der Waals surface area contributed by atoms with E-state index in [9.17, 15) is 10.1 Å². The maximum atomic E-state index is 15.2. The van der Waals surface area contributed by atoms with E-state index in [1.807, 2.05) is 33.8 Å². The van der Waals surface area contributed by atoms with Crippen LogP contribution in [0.4, 0.5) is 10.1 Å². The van der Waals surface area contributed by atoms with Crippen LogP contribution in [0.2, 0.25) is 10.0 Å². The zero-order valence-corrected chi connectivity index (χ0v) is 25.6. The van der Waals surface area contributed by atoms with Crippen LogP contribution in [-0.4, -0.2) is 5.78 Å². The minimum atomic E-state index is -0.652. The van der Waals surface area contributed by atoms with Gasteiger partial charge in [0.25, 0.3) is 0 Å². The first kappa shape index (κ1) is 29.3. The molecule has 0 saturated heterocycles. The van der Waals surface area contributed by atoms with E-state index in [1.54, 1.807) is 47.0 Å². The fourth-order valence-electron chi connectivity index (χ4n) is 5.85. The van der Waals surface area contributed by atoms with Gasteiger partial charge in [0.15, 0.2) is 5.78 Å². The first-order valence-corrected chi connectivity index (χ1v) is 15.0. The van der Waals surface area contributed by atoms with E-state index in [4.69, 9.17) is 28.9 Å². The Bertz CT molecular complexity index is 1690. The van der Waals surface area contributed by atoms with Gasteiger partial charge in [-0.2, -0.15) is 5.26 Å². The van der Waals surface area contributed by atoms with Crippen LogP contribution in [0.25, 0.3) is 0 Å². The first-order valence-electron chi connectivity index (χ1n) is 13.3. The third-order valence-electron chi connectivity index (χ3n) is 7.79. The van der Waals surface area contributed by atoms with Crippen molar-refractivity contribution >= 4 is 46.4 Å². The molecule has 0 aromatic heterocycles. The molecule has 41 heavy (non-hydrogen) atoms. The number of anilines is 1. The number of allylic oxidation sites excluding steroid dienone is 3. The third-order valence-corrected chi connectivity index (χ3v) is 9.57. The Morgan fingerprint density at radius 3 is 2.54 bits per heavy atom. The number of nitriles is 1. The number of nitrogens with zero attached hydrogens (tertiary/aromatic N) is 2. The van der Waals surface area contributed by atoms with Crippen LogP contribution in [0.1, 0.15) is 54.9 Å². The SMILES string of the molecule is Cc1cc(C)c(C2C(C#N)=C(N)N(c3ccccc3F)C3=C2C(=O)CC(C)(C)C3)cc1CSc1cc(Cl)ccc1Cl. The van der Waals surface area contributed by atoms with Crippen LogP contribution in [-0.2, 0) is 10.5 Å². The summed E-state index contributed by atoms with van der Waals surface area (Å²) < 4.78 is 15.2. The number of hydrogen-bond donors (Lipinski definition) is 1. The molecule has 0 amide bonds. The third kappa shape index (κ3) is 5.51. The van der Waals surface area contributed by atoms with Crippen molar-refractivity contribution in [2.45, 2.75) is 57.1 Å². The van der Waals surface area contributed by atoms with E-state index in [2.05, 4.69) is 18.2 Å². The van der Waals surface area contributed by atoms with Gasteiger partial charge in [0.05, 0.1) is 28.3 Å². The van der Waals surface area contributed by atoms with Gasteiger partial charge in [0.2, 0.25) is 0 Å². The minimum Gasteiger partial charge on any atom is -0.384 e. The predicted molar refractivity (Wildman–Crippen MR) is 165 cm³/mol. The summed E-state index contributed by atoms with van der Waals surface area (Å²) in [6.45, 7) is 8.08. The summed E-state index contributed by atoms with van der Waals surface area (Å²) in [6, 6.07) is 18.1. The fourth-order valence-corrected chi connectivity index (χ4v) is 7.41. The van der Waals surface area contributed by atoms with Crippen molar-refractivity contribution in [3.8, 4) is 6.07 Å². The Morgan fingerprint density at radius 1 is 1.10 bits per heavy atom. The van der Waals surface area contributed by atoms with Crippen LogP contribution in [0.15, 0.2) is 82.2 Å². The summed E-state index contributed by atoms with van der Waals surface area (Å²) in [5.41, 5.74) is 11.9. The van der Waals surface area contributed by atoms with Gasteiger partial charge in [-0.15, -0.1) is 11.8 Å². The number of hydrogen-bond acceptors (Lipinski definition) is 5. The highest BCUT2D eigenvalue weighted by Crippen LogP contribution is 2.51. The van der Waals surface area contributed by atoms with Crippen LogP contribution in [0.5, 0.6) is 0 Å². The molecule has 3 aromatic carbocycles. The quantitative estimate of drug-likeness (QED) is 0.294. The van der Waals surface area contributed by atoms with E-state index in [1.165, 1.54) is 6.07 Å². The molecule has 5 rings (SSSR count). The highest BCUT2D eigenvalue weighted by atomic mass is 35.5. The molecule has 8 heteroatoms. The van der Waals surface area contributed by atoms with Crippen molar-refractivity contribution in [3.63, 3.8) is 0 Å². The smallest absolute Gasteiger partial charge is 0.162 e. The number of ketones is 1. The van der Waals surface area contributed by atoms with Gasteiger partial charge in [-0.1, -0.05) is 61.3 Å². The van der Waals surface area contributed by atoms with Crippen molar-refractivity contribution in [3.05, 3.63) is 115 Å². The number of Topliss-reactive ketones (excluding diaryl/α,β-unsaturated/α-hetero) is 1. The summed E-state index contributed by atoms with van der Waals surface area (Å²) in [4.78, 5) is 16.4. The number of carbonyl (C=O) groups excluding carboxylic acids is 1. The zero-order valence-electron chi connectivity index (χ0n) is 23.3. The second-order valence-electron chi connectivity index (χ2n) is 11.4. The Balaban J connectivity index is 1.67. The van der Waals surface area contributed by atoms with Crippen LogP contribution in [0, 0.1) is 36.4 Å². The largest absolute Gasteiger partial charge is 0.384 e. The van der Waals surface area contributed by atoms with Crippen molar-refractivity contribution in [1.29, 1.82) is 5.26 Å². The summed E-state index contributed by atoms with van der Waals surface area (Å²) in [6.07, 6.45) is 0.839. The topological polar surface area (TPSA) is 70.1 Å². The maximum absolute atomic E-state index is 15.2. The number of rotatable bonds is 5. The highest BCUT2D eigenvalue weighted by Gasteiger charge is 2.45. The minimum absolute atomic E-state index is 0.0514. The second kappa shape index (κ2) is 11.2. The molecule has 4 nitrogen and oxygen atoms in total. The lowest BCUT2D eigenvalue weighted by atomic mass is 9.68. The lowest BCUT2D eigenvalue weighted by Crippen LogP contribution is -2.42. The second-order valence-corrected chi connectivity index (χ2v) is 13.3. The molecule has 1 heterocycles. The van der Waals surface area contributed by atoms with Crippen LogP contribution >= 0.6 is 35.0 Å². The summed E-state index contributed by atoms with van der Waals surface area (Å²) in [5, 5.41) is 11.7. The monoisotopic (exact) mass is 605 g/mol. The molecule has 2 N–H and O–H groups in total. The molecular weight excluding hydrogens is 576 g/mol. The Labute approximate surface area is 254 Å². The van der Waals surface area contributed by atoms with Crippen molar-refractivity contribution in [1.82, 2.24) is 0 Å². The van der Waals surface area contributed by atoms with Gasteiger partial charge < -0.3 is 5.73 Å². The Kier molecular flexibility index (Phi) is 8.00. The van der Waals surface area contributed by atoms with Crippen LogP contribution < -0.4 is 10.6 Å². The first-order chi connectivity index (χ1) is 19.4. The van der Waals surface area contributed by atoms with Gasteiger partial charge >= 0.3 is 0 Å². The number of benzene rings is 3. The molecule has 1 atom stereocenters. The highest BCUT2D eigenvalue weighted by molar-refractivity contribution is 7.98. The maximum Gasteiger partial charge on any atom is 0.162 e. The van der Waals surface area contributed by atoms with E-state index >= 15 is 4.39 Å². The molecule has 3 aromatic rings. The van der Waals surface area contributed by atoms with Gasteiger partial charge in [-0.05, 0) is 78.3 Å². The number of nitrogens with two attached hydrogens (primary N) is 1. The lowest BCUT2D eigenvalue weighted by Gasteiger charge is -2.44. The molecular formula is C33H30Cl2FN3OS. The molecule has 1 aliphatic heterocycles. The molecule has 1 unspecified atom stereocenters. The number of thioether (sulfide) groups is 1. The van der Waals surface area contributed by atoms with Gasteiger partial charge in [-0.25, -0.2) is 4.39 Å². The predicted octanol–water partition coefficient (Wildman–Crippen LogP) is 8.98. The molecule has 0 fully saturated rings. The van der Waals surface area contributed by atoms with E-state index in [0.29, 0.717) is 39.9 Å². The molecule has 0 spiro atoms. The number of aryl methyl sites for hydroxylation is 2. The standard InChI is InChI=1S/C33H30Cl2FN3OS/c1-18-11-19(2)22(12-20(18)17-41-29-13-21(34)9-10-24(29)35)30-23(16-37)32(38)39(26-8-6-5-7-25(26)36)27-14-33(3,4)15-28(40)31(27)30/h5-13,30H,14-15,17,38H2,1-4H3. The average molecular weight is 607 g/mol. The average Bonchev–Trinajstić information content (AvgIpc) is 2.89. The molecule has 2 aliphatic rings. The van der Waals surface area contributed by atoms with Crippen molar-refractivity contribution < 1.29 is 9.18 Å². The van der Waals surface area contributed by atoms with E-state index in [-0.39, 0.29) is 28.3 Å². The number of halogens is 3. The molecule has 1 aliphatic carbocycles. The summed E-state index contributed by atoms with van der Waals surface area (Å²) >= 11 is 14.2. The number of para-hydroxylation sites is 1. The Morgan fingerprint density at radius 2 is 1.83 bits per heavy atom. The number of carbonyl (C=O) groups is 1. The fraction of sp³-hybridized carbons (Fsp3) is 0.273. The van der Waals surface area contributed by atoms with Crippen LogP contribution in [0.3, 0.4) is 0 Å². The zero-order chi connectivity index (χ0) is 29.6. The van der Waals surface area contributed by atoms with E-state index < -0.39 is 11.7 Å². The molecule has 210 valence electrons. The van der Waals surface area contributed by atoms with Crippen molar-refractivity contribution in [2.75, 3.05) is 4.90 Å². The van der Waals surface area contributed by atoms with Gasteiger partial charge in [0, 0.05) is 33.4 Å². The lowest BCUT2D eigenvalue weighted by molar-refractivity contribution is -0.118.